The van der Waals surface area contributed by atoms with Crippen molar-refractivity contribution in [3.8, 4) is 0 Å². The fraction of sp³-hybridized carbons (Fsp3) is 0.500. The maximum atomic E-state index is 12.1. The van der Waals surface area contributed by atoms with Crippen LogP contribution in [-0.2, 0) is 16.0 Å². The third-order valence-electron chi connectivity index (χ3n) is 4.65. The number of carboxylic acids is 1. The van der Waals surface area contributed by atoms with Crippen LogP contribution in [0.5, 0.6) is 0 Å². The Bertz CT molecular complexity index is 540. The third kappa shape index (κ3) is 2.30. The van der Waals surface area contributed by atoms with Gasteiger partial charge < -0.3 is 10.4 Å². The number of benzene rings is 1. The molecule has 0 aromatic heterocycles. The van der Waals surface area contributed by atoms with Crippen LogP contribution in [0.3, 0.4) is 0 Å². The lowest BCUT2D eigenvalue weighted by atomic mass is 9.77. The molecule has 1 amide bonds. The van der Waals surface area contributed by atoms with Crippen LogP contribution in [0.1, 0.15) is 36.3 Å². The quantitative estimate of drug-likeness (QED) is 0.881. The van der Waals surface area contributed by atoms with Gasteiger partial charge in [-0.2, -0.15) is 0 Å². The molecule has 20 heavy (non-hydrogen) atoms. The molecule has 1 aromatic carbocycles. The third-order valence-corrected chi connectivity index (χ3v) is 4.65. The highest BCUT2D eigenvalue weighted by Crippen LogP contribution is 2.35. The average molecular weight is 273 g/mol. The largest absolute Gasteiger partial charge is 0.481 e. The molecule has 4 nitrogen and oxygen atoms in total. The molecule has 2 aliphatic rings. The fourth-order valence-electron chi connectivity index (χ4n) is 3.47. The van der Waals surface area contributed by atoms with Gasteiger partial charge in [0.25, 0.3) is 0 Å². The van der Waals surface area contributed by atoms with Gasteiger partial charge in [0.15, 0.2) is 0 Å². The molecule has 1 fully saturated rings. The second-order valence-electron chi connectivity index (χ2n) is 5.83. The smallest absolute Gasteiger partial charge is 0.307 e. The van der Waals surface area contributed by atoms with Crippen LogP contribution >= 0.6 is 0 Å². The molecule has 0 saturated heterocycles. The SMILES string of the molecule is O=C(O)C1CCCC1C(=O)NCC1Cc2ccccc21. The van der Waals surface area contributed by atoms with Crippen molar-refractivity contribution < 1.29 is 14.7 Å². The Morgan fingerprint density at radius 1 is 1.20 bits per heavy atom. The molecule has 0 bridgehead atoms. The maximum absolute atomic E-state index is 12.1. The summed E-state index contributed by atoms with van der Waals surface area (Å²) in [6.45, 7) is 0.624. The molecule has 1 aromatic rings. The lowest BCUT2D eigenvalue weighted by Gasteiger charge is -2.30. The second kappa shape index (κ2) is 5.27. The number of carbonyl (C=O) groups excluding carboxylic acids is 1. The van der Waals surface area contributed by atoms with Gasteiger partial charge in [0.2, 0.25) is 5.91 Å². The Morgan fingerprint density at radius 2 is 1.95 bits per heavy atom. The van der Waals surface area contributed by atoms with Crippen LogP contribution < -0.4 is 5.32 Å². The summed E-state index contributed by atoms with van der Waals surface area (Å²) in [5, 5.41) is 12.1. The molecule has 0 radical (unpaired) electrons. The van der Waals surface area contributed by atoms with Crippen molar-refractivity contribution in [3.63, 3.8) is 0 Å². The zero-order valence-electron chi connectivity index (χ0n) is 11.3. The first-order valence-electron chi connectivity index (χ1n) is 7.25. The number of hydrogen-bond acceptors (Lipinski definition) is 2. The summed E-state index contributed by atoms with van der Waals surface area (Å²) >= 11 is 0. The minimum absolute atomic E-state index is 0.0840. The van der Waals surface area contributed by atoms with Gasteiger partial charge in [0.1, 0.15) is 0 Å². The molecule has 3 unspecified atom stereocenters. The highest BCUT2D eigenvalue weighted by atomic mass is 16.4. The van der Waals surface area contributed by atoms with Gasteiger partial charge in [-0.3, -0.25) is 9.59 Å². The highest BCUT2D eigenvalue weighted by molar-refractivity contribution is 5.85. The van der Waals surface area contributed by atoms with Gasteiger partial charge in [-0.25, -0.2) is 0 Å². The molecule has 106 valence electrons. The molecule has 0 aliphatic heterocycles. The van der Waals surface area contributed by atoms with Crippen LogP contribution in [0.25, 0.3) is 0 Å². The predicted molar refractivity (Wildman–Crippen MR) is 74.4 cm³/mol. The van der Waals surface area contributed by atoms with Gasteiger partial charge in [-0.1, -0.05) is 30.7 Å². The Hall–Kier alpha value is -1.84. The summed E-state index contributed by atoms with van der Waals surface area (Å²) in [7, 11) is 0. The average Bonchev–Trinajstić information content (AvgIpc) is 2.89. The minimum Gasteiger partial charge on any atom is -0.481 e. The van der Waals surface area contributed by atoms with E-state index in [0.717, 1.165) is 12.8 Å². The van der Waals surface area contributed by atoms with Gasteiger partial charge in [0, 0.05) is 12.5 Å². The zero-order chi connectivity index (χ0) is 14.1. The standard InChI is InChI=1S/C16H19NO3/c18-15(13-6-3-7-14(13)16(19)20)17-9-11-8-10-4-1-2-5-12(10)11/h1-2,4-5,11,13-14H,3,6-9H2,(H,17,18)(H,19,20). The number of hydrogen-bond donors (Lipinski definition) is 2. The number of carbonyl (C=O) groups is 2. The lowest BCUT2D eigenvalue weighted by molar-refractivity contribution is -0.146. The molecule has 0 heterocycles. The van der Waals surface area contributed by atoms with E-state index >= 15 is 0 Å². The number of nitrogens with one attached hydrogen (secondary N) is 1. The molecule has 2 aliphatic carbocycles. The highest BCUT2D eigenvalue weighted by Gasteiger charge is 2.38. The lowest BCUT2D eigenvalue weighted by Crippen LogP contribution is -2.39. The van der Waals surface area contributed by atoms with Crippen molar-refractivity contribution in [2.75, 3.05) is 6.54 Å². The molecule has 4 heteroatoms. The van der Waals surface area contributed by atoms with Gasteiger partial charge in [-0.15, -0.1) is 0 Å². The van der Waals surface area contributed by atoms with Crippen molar-refractivity contribution in [1.29, 1.82) is 0 Å². The summed E-state index contributed by atoms with van der Waals surface area (Å²) in [4.78, 5) is 23.2. The minimum atomic E-state index is -0.836. The van der Waals surface area contributed by atoms with Crippen molar-refractivity contribution in [2.24, 2.45) is 11.8 Å². The molecule has 3 rings (SSSR count). The zero-order valence-corrected chi connectivity index (χ0v) is 11.3. The van der Waals surface area contributed by atoms with Crippen LogP contribution in [0, 0.1) is 11.8 Å². The summed E-state index contributed by atoms with van der Waals surface area (Å²) in [6, 6.07) is 8.27. The van der Waals surface area contributed by atoms with E-state index in [2.05, 4.69) is 17.4 Å². The van der Waals surface area contributed by atoms with E-state index in [0.29, 0.717) is 25.3 Å². The van der Waals surface area contributed by atoms with Crippen molar-refractivity contribution in [3.05, 3.63) is 35.4 Å². The van der Waals surface area contributed by atoms with Gasteiger partial charge >= 0.3 is 5.97 Å². The van der Waals surface area contributed by atoms with Crippen molar-refractivity contribution >= 4 is 11.9 Å². The summed E-state index contributed by atoms with van der Waals surface area (Å²) in [5.41, 5.74) is 2.67. The molecular formula is C16H19NO3. The second-order valence-corrected chi connectivity index (χ2v) is 5.83. The van der Waals surface area contributed by atoms with E-state index in [1.165, 1.54) is 11.1 Å². The first-order valence-corrected chi connectivity index (χ1v) is 7.25. The molecule has 2 N–H and O–H groups in total. The Labute approximate surface area is 118 Å². The molecule has 3 atom stereocenters. The summed E-state index contributed by atoms with van der Waals surface area (Å²) in [6.07, 6.45) is 3.16. The van der Waals surface area contributed by atoms with Gasteiger partial charge in [0.05, 0.1) is 11.8 Å². The normalized spacial score (nSPS) is 27.5. The van der Waals surface area contributed by atoms with Gasteiger partial charge in [-0.05, 0) is 30.4 Å². The fourth-order valence-corrected chi connectivity index (χ4v) is 3.47. The van der Waals surface area contributed by atoms with E-state index in [1.807, 2.05) is 12.1 Å². The molecule has 0 spiro atoms. The van der Waals surface area contributed by atoms with Crippen LogP contribution in [-0.4, -0.2) is 23.5 Å². The summed E-state index contributed by atoms with van der Waals surface area (Å²) in [5.74, 6) is -1.37. The number of amides is 1. The first kappa shape index (κ1) is 13.2. The number of rotatable bonds is 4. The van der Waals surface area contributed by atoms with E-state index in [9.17, 15) is 9.59 Å². The first-order chi connectivity index (χ1) is 9.66. The number of aliphatic carboxylic acids is 1. The maximum Gasteiger partial charge on any atom is 0.307 e. The Kier molecular flexibility index (Phi) is 3.47. The molecular weight excluding hydrogens is 254 g/mol. The van der Waals surface area contributed by atoms with E-state index in [1.54, 1.807) is 0 Å². The number of fused-ring (bicyclic) bond motifs is 1. The monoisotopic (exact) mass is 273 g/mol. The molecule has 1 saturated carbocycles. The van der Waals surface area contributed by atoms with E-state index in [-0.39, 0.29) is 11.8 Å². The number of carboxylic acid groups (broad SMARTS) is 1. The summed E-state index contributed by atoms with van der Waals surface area (Å²) < 4.78 is 0. The topological polar surface area (TPSA) is 66.4 Å². The van der Waals surface area contributed by atoms with E-state index < -0.39 is 11.9 Å². The van der Waals surface area contributed by atoms with Crippen molar-refractivity contribution in [2.45, 2.75) is 31.6 Å². The van der Waals surface area contributed by atoms with E-state index in [4.69, 9.17) is 5.11 Å². The van der Waals surface area contributed by atoms with Crippen LogP contribution in [0.2, 0.25) is 0 Å². The van der Waals surface area contributed by atoms with Crippen LogP contribution in [0.15, 0.2) is 24.3 Å². The predicted octanol–water partition coefficient (Wildman–Crippen LogP) is 1.94. The van der Waals surface area contributed by atoms with Crippen molar-refractivity contribution in [1.82, 2.24) is 5.32 Å². The Balaban J connectivity index is 1.55. The van der Waals surface area contributed by atoms with Crippen LogP contribution in [0.4, 0.5) is 0 Å². The Morgan fingerprint density at radius 3 is 2.70 bits per heavy atom.